The van der Waals surface area contributed by atoms with Gasteiger partial charge >= 0.3 is 0 Å². The molecule has 0 aliphatic carbocycles. The minimum absolute atomic E-state index is 0.727. The molecule has 3 rings (SSSR count). The first kappa shape index (κ1) is 11.5. The van der Waals surface area contributed by atoms with Gasteiger partial charge in [0, 0.05) is 17.8 Å². The van der Waals surface area contributed by atoms with Gasteiger partial charge in [0.25, 0.3) is 0 Å². The largest absolute Gasteiger partial charge is 0.399 e. The van der Waals surface area contributed by atoms with Crippen molar-refractivity contribution < 1.29 is 0 Å². The third-order valence-electron chi connectivity index (χ3n) is 3.12. The summed E-state index contributed by atoms with van der Waals surface area (Å²) in [6.45, 7) is 4.55. The average Bonchev–Trinajstić information content (AvgIpc) is 2.78. The second-order valence-corrected chi connectivity index (χ2v) is 4.45. The van der Waals surface area contributed by atoms with Crippen molar-refractivity contribution in [2.45, 2.75) is 6.54 Å². The van der Waals surface area contributed by atoms with Gasteiger partial charge in [0.05, 0.1) is 11.0 Å². The first-order chi connectivity index (χ1) is 9.29. The maximum atomic E-state index is 5.83. The summed E-state index contributed by atoms with van der Waals surface area (Å²) < 4.78 is 2.15. The molecule has 2 aromatic carbocycles. The van der Waals surface area contributed by atoms with Crippen LogP contribution in [0, 0.1) is 0 Å². The predicted molar refractivity (Wildman–Crippen MR) is 79.8 cm³/mol. The fourth-order valence-electron chi connectivity index (χ4n) is 2.27. The van der Waals surface area contributed by atoms with Crippen LogP contribution in [0.1, 0.15) is 0 Å². The second-order valence-electron chi connectivity index (χ2n) is 4.45. The van der Waals surface area contributed by atoms with Crippen LogP contribution in [-0.4, -0.2) is 9.55 Å². The van der Waals surface area contributed by atoms with Gasteiger partial charge in [-0.3, -0.25) is 0 Å². The lowest BCUT2D eigenvalue weighted by Crippen LogP contribution is -1.98. The van der Waals surface area contributed by atoms with Crippen molar-refractivity contribution >= 4 is 16.7 Å². The first-order valence-corrected chi connectivity index (χ1v) is 6.21. The van der Waals surface area contributed by atoms with Gasteiger partial charge in [-0.1, -0.05) is 36.4 Å². The molecule has 0 unspecified atom stereocenters. The zero-order valence-corrected chi connectivity index (χ0v) is 10.6. The minimum atomic E-state index is 0.727. The van der Waals surface area contributed by atoms with Gasteiger partial charge in [-0.05, 0) is 18.2 Å². The number of allylic oxidation sites excluding steroid dienone is 1. The number of anilines is 1. The van der Waals surface area contributed by atoms with E-state index in [4.69, 9.17) is 10.7 Å². The Hall–Kier alpha value is -2.55. The van der Waals surface area contributed by atoms with Crippen LogP contribution >= 0.6 is 0 Å². The third-order valence-corrected chi connectivity index (χ3v) is 3.12. The molecule has 0 atom stereocenters. The molecule has 1 aromatic heterocycles. The topological polar surface area (TPSA) is 43.8 Å². The fraction of sp³-hybridized carbons (Fsp3) is 0.0625. The summed E-state index contributed by atoms with van der Waals surface area (Å²) in [7, 11) is 0. The molecule has 0 bridgehead atoms. The maximum Gasteiger partial charge on any atom is 0.141 e. The number of nitrogens with two attached hydrogens (primary N) is 1. The van der Waals surface area contributed by atoms with E-state index >= 15 is 0 Å². The lowest BCUT2D eigenvalue weighted by atomic mass is 10.2. The third kappa shape index (κ3) is 1.99. The molecule has 3 heteroatoms. The summed E-state index contributed by atoms with van der Waals surface area (Å²) in [5.74, 6) is 0.945. The van der Waals surface area contributed by atoms with Crippen molar-refractivity contribution in [3.8, 4) is 11.4 Å². The second kappa shape index (κ2) is 4.61. The van der Waals surface area contributed by atoms with Crippen LogP contribution in [-0.2, 0) is 6.54 Å². The SMILES string of the molecule is C=CCn1c(-c2ccccc2)nc2cc(N)ccc21. The molecule has 3 nitrogen and oxygen atoms in total. The Bertz CT molecular complexity index is 726. The Morgan fingerprint density at radius 1 is 1.16 bits per heavy atom. The van der Waals surface area contributed by atoms with Crippen LogP contribution in [0.4, 0.5) is 5.69 Å². The van der Waals surface area contributed by atoms with Gasteiger partial charge < -0.3 is 10.3 Å². The van der Waals surface area contributed by atoms with Gasteiger partial charge in [-0.25, -0.2) is 4.98 Å². The van der Waals surface area contributed by atoms with Crippen LogP contribution in [0.15, 0.2) is 61.2 Å². The first-order valence-electron chi connectivity index (χ1n) is 6.21. The van der Waals surface area contributed by atoms with Gasteiger partial charge in [0.1, 0.15) is 5.82 Å². The molecule has 0 aliphatic heterocycles. The van der Waals surface area contributed by atoms with E-state index in [1.165, 1.54) is 0 Å². The van der Waals surface area contributed by atoms with Crippen LogP contribution in [0.25, 0.3) is 22.4 Å². The Labute approximate surface area is 112 Å². The minimum Gasteiger partial charge on any atom is -0.399 e. The summed E-state index contributed by atoms with van der Waals surface area (Å²) >= 11 is 0. The maximum absolute atomic E-state index is 5.83. The average molecular weight is 249 g/mol. The highest BCUT2D eigenvalue weighted by Crippen LogP contribution is 2.26. The van der Waals surface area contributed by atoms with Crippen molar-refractivity contribution in [3.63, 3.8) is 0 Å². The molecule has 1 heterocycles. The number of fused-ring (bicyclic) bond motifs is 1. The highest BCUT2D eigenvalue weighted by atomic mass is 15.1. The molecular formula is C16H15N3. The normalized spacial score (nSPS) is 10.7. The molecule has 0 amide bonds. The molecule has 3 aromatic rings. The molecule has 2 N–H and O–H groups in total. The summed E-state index contributed by atoms with van der Waals surface area (Å²) in [5, 5.41) is 0. The number of nitrogens with zero attached hydrogens (tertiary/aromatic N) is 2. The molecule has 0 saturated carbocycles. The Morgan fingerprint density at radius 2 is 1.95 bits per heavy atom. The number of rotatable bonds is 3. The van der Waals surface area contributed by atoms with Crippen LogP contribution in [0.3, 0.4) is 0 Å². The quantitative estimate of drug-likeness (QED) is 0.570. The summed E-state index contributed by atoms with van der Waals surface area (Å²) in [4.78, 5) is 4.70. The fourth-order valence-corrected chi connectivity index (χ4v) is 2.27. The zero-order valence-electron chi connectivity index (χ0n) is 10.6. The van der Waals surface area contributed by atoms with E-state index in [1.54, 1.807) is 0 Å². The summed E-state index contributed by atoms with van der Waals surface area (Å²) in [6, 6.07) is 16.0. The number of hydrogen-bond acceptors (Lipinski definition) is 2. The smallest absolute Gasteiger partial charge is 0.141 e. The lowest BCUT2D eigenvalue weighted by Gasteiger charge is -2.06. The molecule has 0 aliphatic rings. The van der Waals surface area contributed by atoms with Gasteiger partial charge in [0.2, 0.25) is 0 Å². The van der Waals surface area contributed by atoms with E-state index in [0.29, 0.717) is 0 Å². The number of nitrogen functional groups attached to an aromatic ring is 1. The van der Waals surface area contributed by atoms with E-state index in [0.717, 1.165) is 34.7 Å². The van der Waals surface area contributed by atoms with E-state index < -0.39 is 0 Å². The molecule has 94 valence electrons. The van der Waals surface area contributed by atoms with Crippen LogP contribution in [0.5, 0.6) is 0 Å². The molecule has 0 spiro atoms. The lowest BCUT2D eigenvalue weighted by molar-refractivity contribution is 0.862. The van der Waals surface area contributed by atoms with Gasteiger partial charge in [-0.2, -0.15) is 0 Å². The predicted octanol–water partition coefficient (Wildman–Crippen LogP) is 3.47. The molecule has 19 heavy (non-hydrogen) atoms. The van der Waals surface area contributed by atoms with Crippen molar-refractivity contribution in [3.05, 3.63) is 61.2 Å². The number of hydrogen-bond donors (Lipinski definition) is 1. The number of aromatic nitrogens is 2. The summed E-state index contributed by atoms with van der Waals surface area (Å²) in [5.41, 5.74) is 9.65. The molecular weight excluding hydrogens is 234 g/mol. The van der Waals surface area contributed by atoms with Crippen molar-refractivity contribution in [1.82, 2.24) is 9.55 Å². The number of benzene rings is 2. The van der Waals surface area contributed by atoms with Gasteiger partial charge in [-0.15, -0.1) is 6.58 Å². The molecule has 0 fully saturated rings. The van der Waals surface area contributed by atoms with Crippen LogP contribution in [0.2, 0.25) is 0 Å². The monoisotopic (exact) mass is 249 g/mol. The Kier molecular flexibility index (Phi) is 2.80. The van der Waals surface area contributed by atoms with Gasteiger partial charge in [0.15, 0.2) is 0 Å². The van der Waals surface area contributed by atoms with E-state index in [9.17, 15) is 0 Å². The zero-order chi connectivity index (χ0) is 13.2. The van der Waals surface area contributed by atoms with E-state index in [-0.39, 0.29) is 0 Å². The number of imidazole rings is 1. The highest BCUT2D eigenvalue weighted by Gasteiger charge is 2.11. The Balaban J connectivity index is 2.28. The summed E-state index contributed by atoms with van der Waals surface area (Å²) in [6.07, 6.45) is 1.88. The van der Waals surface area contributed by atoms with Crippen molar-refractivity contribution in [2.75, 3.05) is 5.73 Å². The van der Waals surface area contributed by atoms with Crippen molar-refractivity contribution in [2.24, 2.45) is 0 Å². The van der Waals surface area contributed by atoms with Crippen LogP contribution < -0.4 is 5.73 Å². The van der Waals surface area contributed by atoms with E-state index in [2.05, 4.69) is 23.3 Å². The standard InChI is InChI=1S/C16H15N3/c1-2-10-19-15-9-8-13(17)11-14(15)18-16(19)12-6-4-3-5-7-12/h2-9,11H,1,10,17H2. The Morgan fingerprint density at radius 3 is 2.68 bits per heavy atom. The molecule has 0 saturated heterocycles. The molecule has 0 radical (unpaired) electrons. The van der Waals surface area contributed by atoms with Crippen molar-refractivity contribution in [1.29, 1.82) is 0 Å². The van der Waals surface area contributed by atoms with E-state index in [1.807, 2.05) is 42.5 Å². The highest BCUT2D eigenvalue weighted by molar-refractivity contribution is 5.83.